The Kier molecular flexibility index (Phi) is 4.48. The number of hydrogen-bond acceptors (Lipinski definition) is 4. The number of rotatable bonds is 5. The molecule has 1 aromatic rings. The average molecular weight is 359 g/mol. The van der Waals surface area contributed by atoms with E-state index in [2.05, 4.69) is 5.32 Å². The second-order valence-electron chi connectivity index (χ2n) is 7.44. The van der Waals surface area contributed by atoms with E-state index in [-0.39, 0.29) is 23.9 Å². The minimum atomic E-state index is -0.416. The van der Waals surface area contributed by atoms with Crippen molar-refractivity contribution in [3.05, 3.63) is 24.3 Å². The van der Waals surface area contributed by atoms with E-state index in [1.807, 2.05) is 25.2 Å². The number of methoxy groups -OCH3 is 1. The van der Waals surface area contributed by atoms with Gasteiger partial charge in [-0.15, -0.1) is 0 Å². The number of ether oxygens (including phenoxy) is 2. The third-order valence-corrected chi connectivity index (χ3v) is 5.63. The molecule has 3 atom stereocenters. The van der Waals surface area contributed by atoms with Crippen molar-refractivity contribution < 1.29 is 19.1 Å². The molecule has 3 amide bonds. The first-order valence-corrected chi connectivity index (χ1v) is 9.15. The number of carbonyl (C=O) groups is 2. The highest BCUT2D eigenvalue weighted by Gasteiger charge is 2.53. The highest BCUT2D eigenvalue weighted by Crippen LogP contribution is 2.36. The molecule has 7 nitrogen and oxygen atoms in total. The van der Waals surface area contributed by atoms with Crippen LogP contribution < -0.4 is 10.1 Å². The Morgan fingerprint density at radius 3 is 2.85 bits per heavy atom. The van der Waals surface area contributed by atoms with E-state index in [9.17, 15) is 9.59 Å². The van der Waals surface area contributed by atoms with Crippen LogP contribution in [-0.4, -0.2) is 67.7 Å². The third-order valence-electron chi connectivity index (χ3n) is 5.63. The molecule has 1 aliphatic carbocycles. The maximum atomic E-state index is 12.6. The summed E-state index contributed by atoms with van der Waals surface area (Å²) in [6.45, 7) is 1.72. The Morgan fingerprint density at radius 1 is 1.31 bits per heavy atom. The van der Waals surface area contributed by atoms with E-state index in [4.69, 9.17) is 9.47 Å². The minimum Gasteiger partial charge on any atom is -0.497 e. The number of anilines is 1. The number of nitrogens with one attached hydrogen (secondary N) is 1. The van der Waals surface area contributed by atoms with Gasteiger partial charge in [0.05, 0.1) is 19.8 Å². The van der Waals surface area contributed by atoms with Crippen molar-refractivity contribution >= 4 is 17.6 Å². The van der Waals surface area contributed by atoms with Gasteiger partial charge < -0.3 is 24.6 Å². The largest absolute Gasteiger partial charge is 0.497 e. The van der Waals surface area contributed by atoms with Crippen LogP contribution in [0.1, 0.15) is 12.8 Å². The smallest absolute Gasteiger partial charge is 0.321 e. The zero-order valence-corrected chi connectivity index (χ0v) is 15.2. The molecule has 1 aromatic carbocycles. The standard InChI is InChI=1S/C19H25N3O4/c1-21-16-10-22(19(24)20-13-4-3-5-14(8-13)25-2)9-15(16)17(18(21)23)26-11-12-6-7-12/h3-5,8,12,15-17H,6-7,9-11H2,1-2H3,(H,20,24)/t15-,16+,17-/m0/s1. The van der Waals surface area contributed by atoms with Crippen molar-refractivity contribution in [2.24, 2.45) is 11.8 Å². The number of carbonyl (C=O) groups excluding carboxylic acids is 2. The van der Waals surface area contributed by atoms with E-state index in [1.165, 1.54) is 12.8 Å². The van der Waals surface area contributed by atoms with Gasteiger partial charge >= 0.3 is 6.03 Å². The number of hydrogen-bond donors (Lipinski definition) is 1. The number of fused-ring (bicyclic) bond motifs is 1. The van der Waals surface area contributed by atoms with E-state index in [0.29, 0.717) is 37.1 Å². The predicted molar refractivity (Wildman–Crippen MR) is 96.1 cm³/mol. The van der Waals surface area contributed by atoms with Crippen molar-refractivity contribution in [3.63, 3.8) is 0 Å². The molecular weight excluding hydrogens is 334 g/mol. The molecule has 3 aliphatic rings. The zero-order chi connectivity index (χ0) is 18.3. The van der Waals surface area contributed by atoms with Gasteiger partial charge in [0, 0.05) is 37.8 Å². The van der Waals surface area contributed by atoms with Crippen LogP contribution in [0.5, 0.6) is 5.75 Å². The van der Waals surface area contributed by atoms with Crippen LogP contribution in [0.3, 0.4) is 0 Å². The Labute approximate surface area is 153 Å². The van der Waals surface area contributed by atoms with Gasteiger partial charge in [0.2, 0.25) is 0 Å². The number of likely N-dealkylation sites (N-methyl/N-ethyl adjacent to an activating group) is 1. The lowest BCUT2D eigenvalue weighted by molar-refractivity contribution is -0.138. The van der Waals surface area contributed by atoms with Crippen LogP contribution in [-0.2, 0) is 9.53 Å². The minimum absolute atomic E-state index is 0.0303. The van der Waals surface area contributed by atoms with Gasteiger partial charge in [-0.2, -0.15) is 0 Å². The first kappa shape index (κ1) is 17.1. The number of nitrogens with zero attached hydrogens (tertiary/aromatic N) is 2. The average Bonchev–Trinajstić information content (AvgIpc) is 3.32. The second-order valence-corrected chi connectivity index (χ2v) is 7.44. The zero-order valence-electron chi connectivity index (χ0n) is 15.2. The van der Waals surface area contributed by atoms with Crippen molar-refractivity contribution in [2.45, 2.75) is 25.0 Å². The molecule has 0 aromatic heterocycles. The summed E-state index contributed by atoms with van der Waals surface area (Å²) in [6, 6.07) is 7.15. The summed E-state index contributed by atoms with van der Waals surface area (Å²) in [7, 11) is 3.40. The van der Waals surface area contributed by atoms with Crippen LogP contribution in [0.15, 0.2) is 24.3 Å². The van der Waals surface area contributed by atoms with E-state index >= 15 is 0 Å². The van der Waals surface area contributed by atoms with E-state index in [1.54, 1.807) is 23.0 Å². The molecule has 4 rings (SSSR count). The van der Waals surface area contributed by atoms with Crippen molar-refractivity contribution in [1.82, 2.24) is 9.80 Å². The Balaban J connectivity index is 1.40. The van der Waals surface area contributed by atoms with Crippen LogP contribution in [0, 0.1) is 11.8 Å². The fourth-order valence-corrected chi connectivity index (χ4v) is 3.85. The summed E-state index contributed by atoms with van der Waals surface area (Å²) in [4.78, 5) is 28.6. The molecule has 1 saturated carbocycles. The lowest BCUT2D eigenvalue weighted by Gasteiger charge is -2.22. The fraction of sp³-hybridized carbons (Fsp3) is 0.579. The van der Waals surface area contributed by atoms with Gasteiger partial charge in [-0.3, -0.25) is 4.79 Å². The molecule has 26 heavy (non-hydrogen) atoms. The molecule has 7 heteroatoms. The van der Waals surface area contributed by atoms with Gasteiger partial charge in [0.25, 0.3) is 5.91 Å². The molecule has 0 bridgehead atoms. The molecular formula is C19H25N3O4. The monoisotopic (exact) mass is 359 g/mol. The summed E-state index contributed by atoms with van der Waals surface area (Å²) in [5.74, 6) is 1.40. The van der Waals surface area contributed by atoms with Gasteiger partial charge in [0.1, 0.15) is 11.9 Å². The SMILES string of the molecule is COc1cccc(NC(=O)N2C[C@@H]3[C@H](OCC4CC4)C(=O)N(C)[C@@H]3C2)c1. The van der Waals surface area contributed by atoms with Crippen LogP contribution in [0.25, 0.3) is 0 Å². The lowest BCUT2D eigenvalue weighted by Crippen LogP contribution is -2.40. The summed E-state index contributed by atoms with van der Waals surface area (Å²) in [5.41, 5.74) is 0.692. The fourth-order valence-electron chi connectivity index (χ4n) is 3.85. The topological polar surface area (TPSA) is 71.1 Å². The molecule has 0 unspecified atom stereocenters. The molecule has 2 heterocycles. The van der Waals surface area contributed by atoms with E-state index < -0.39 is 6.10 Å². The van der Waals surface area contributed by atoms with Crippen molar-refractivity contribution in [1.29, 1.82) is 0 Å². The summed E-state index contributed by atoms with van der Waals surface area (Å²) < 4.78 is 11.1. The second kappa shape index (κ2) is 6.79. The summed E-state index contributed by atoms with van der Waals surface area (Å²) in [5, 5.41) is 2.91. The summed E-state index contributed by atoms with van der Waals surface area (Å²) >= 11 is 0. The Morgan fingerprint density at radius 2 is 2.12 bits per heavy atom. The molecule has 1 N–H and O–H groups in total. The van der Waals surface area contributed by atoms with Gasteiger partial charge in [0.15, 0.2) is 0 Å². The van der Waals surface area contributed by atoms with Crippen LogP contribution in [0.2, 0.25) is 0 Å². The number of urea groups is 1. The molecule has 0 spiro atoms. The molecule has 140 valence electrons. The Hall–Kier alpha value is -2.28. The highest BCUT2D eigenvalue weighted by atomic mass is 16.5. The maximum Gasteiger partial charge on any atom is 0.321 e. The normalized spacial score (nSPS) is 27.6. The highest BCUT2D eigenvalue weighted by molar-refractivity contribution is 5.91. The quantitative estimate of drug-likeness (QED) is 0.870. The number of amides is 3. The van der Waals surface area contributed by atoms with Crippen molar-refractivity contribution in [2.75, 3.05) is 39.2 Å². The van der Waals surface area contributed by atoms with E-state index in [0.717, 1.165) is 0 Å². The van der Waals surface area contributed by atoms with Crippen LogP contribution >= 0.6 is 0 Å². The van der Waals surface area contributed by atoms with Crippen molar-refractivity contribution in [3.8, 4) is 5.75 Å². The van der Waals surface area contributed by atoms with Gasteiger partial charge in [-0.25, -0.2) is 4.79 Å². The van der Waals surface area contributed by atoms with Gasteiger partial charge in [-0.1, -0.05) is 6.07 Å². The number of benzene rings is 1. The van der Waals surface area contributed by atoms with Crippen LogP contribution in [0.4, 0.5) is 10.5 Å². The lowest BCUT2D eigenvalue weighted by atomic mass is 10.0. The Bertz CT molecular complexity index is 706. The molecule has 2 aliphatic heterocycles. The first-order valence-electron chi connectivity index (χ1n) is 9.15. The molecule has 0 radical (unpaired) electrons. The van der Waals surface area contributed by atoms with Gasteiger partial charge in [-0.05, 0) is 30.9 Å². The maximum absolute atomic E-state index is 12.6. The third kappa shape index (κ3) is 3.23. The predicted octanol–water partition coefficient (Wildman–Crippen LogP) is 1.79. The molecule has 2 saturated heterocycles. The molecule has 3 fully saturated rings. The summed E-state index contributed by atoms with van der Waals surface area (Å²) in [6.07, 6.45) is 1.97. The number of likely N-dealkylation sites (tertiary alicyclic amines) is 2. The first-order chi connectivity index (χ1) is 12.6.